The van der Waals surface area contributed by atoms with Crippen LogP contribution >= 0.6 is 0 Å². The first-order valence-electron chi connectivity index (χ1n) is 17.9. The zero-order valence-corrected chi connectivity index (χ0v) is 28.7. The van der Waals surface area contributed by atoms with Crippen LogP contribution in [0, 0.1) is 0 Å². The molecule has 0 radical (unpaired) electrons. The SMILES string of the molecule is Cn1c2ccccc2c2ccc(-c3ccc4c5cc(-c6ccc7c(c6)c6ccccc6n7-c6ccccc6)ccc5n(-c5ccccc5)c4c3)cc21. The van der Waals surface area contributed by atoms with Crippen LogP contribution in [0.3, 0.4) is 0 Å². The average Bonchev–Trinajstić information content (AvgIpc) is 3.82. The summed E-state index contributed by atoms with van der Waals surface area (Å²) in [5.74, 6) is 0. The van der Waals surface area contributed by atoms with Gasteiger partial charge in [-0.25, -0.2) is 0 Å². The maximum Gasteiger partial charge on any atom is 0.0547 e. The summed E-state index contributed by atoms with van der Waals surface area (Å²) >= 11 is 0. The second-order valence-corrected chi connectivity index (χ2v) is 13.9. The largest absolute Gasteiger partial charge is 0.344 e. The van der Waals surface area contributed by atoms with Crippen LogP contribution in [0.5, 0.6) is 0 Å². The molecule has 0 bridgehead atoms. The molecule has 0 unspecified atom stereocenters. The second kappa shape index (κ2) is 11.1. The number of rotatable bonds is 4. The first-order chi connectivity index (χ1) is 25.7. The smallest absolute Gasteiger partial charge is 0.0547 e. The lowest BCUT2D eigenvalue weighted by molar-refractivity contribution is 1.01. The highest BCUT2D eigenvalue weighted by atomic mass is 15.0. The molecule has 0 amide bonds. The average molecular weight is 664 g/mol. The summed E-state index contributed by atoms with van der Waals surface area (Å²) in [6.07, 6.45) is 0. The molecule has 8 aromatic carbocycles. The maximum atomic E-state index is 2.42. The number of hydrogen-bond donors (Lipinski definition) is 0. The standard InChI is InChI=1S/C49H33N3/c1-50-44-18-10-8-16-38(44)40-24-20-34(30-48(40)50)35-21-25-41-43-29-33(23-27-47(43)52(49(41)31-35)37-14-6-3-7-15-37)32-22-26-46-42(28-32)39-17-9-11-19-45(39)51(46)36-12-4-2-5-13-36/h2-31H,1H3. The molecule has 11 rings (SSSR count). The van der Waals surface area contributed by atoms with Gasteiger partial charge >= 0.3 is 0 Å². The minimum Gasteiger partial charge on any atom is -0.344 e. The summed E-state index contributed by atoms with van der Waals surface area (Å²) in [4.78, 5) is 0. The molecule has 244 valence electrons. The minimum atomic E-state index is 1.16. The van der Waals surface area contributed by atoms with E-state index in [1.165, 1.54) is 93.4 Å². The van der Waals surface area contributed by atoms with Crippen molar-refractivity contribution in [3.63, 3.8) is 0 Å². The number of aryl methyl sites for hydroxylation is 1. The molecular weight excluding hydrogens is 631 g/mol. The molecule has 0 aliphatic carbocycles. The summed E-state index contributed by atoms with van der Waals surface area (Å²) in [5, 5.41) is 7.60. The van der Waals surface area contributed by atoms with Crippen LogP contribution in [-0.4, -0.2) is 13.7 Å². The van der Waals surface area contributed by atoms with Crippen molar-refractivity contribution in [3.05, 3.63) is 182 Å². The Morgan fingerprint density at radius 3 is 1.25 bits per heavy atom. The van der Waals surface area contributed by atoms with Crippen LogP contribution in [0.1, 0.15) is 0 Å². The quantitative estimate of drug-likeness (QED) is 0.178. The van der Waals surface area contributed by atoms with Crippen molar-refractivity contribution >= 4 is 65.4 Å². The van der Waals surface area contributed by atoms with Gasteiger partial charge in [0, 0.05) is 61.8 Å². The van der Waals surface area contributed by atoms with E-state index in [1.807, 2.05) is 0 Å². The van der Waals surface area contributed by atoms with Gasteiger partial charge in [0.15, 0.2) is 0 Å². The van der Waals surface area contributed by atoms with E-state index >= 15 is 0 Å². The van der Waals surface area contributed by atoms with Gasteiger partial charge in [-0.1, -0.05) is 109 Å². The van der Waals surface area contributed by atoms with Crippen molar-refractivity contribution in [1.82, 2.24) is 13.7 Å². The molecule has 3 heteroatoms. The molecule has 3 nitrogen and oxygen atoms in total. The van der Waals surface area contributed by atoms with Crippen molar-refractivity contribution in [1.29, 1.82) is 0 Å². The zero-order valence-electron chi connectivity index (χ0n) is 28.7. The first kappa shape index (κ1) is 28.9. The van der Waals surface area contributed by atoms with Crippen molar-refractivity contribution in [2.24, 2.45) is 7.05 Å². The third-order valence-electron chi connectivity index (χ3n) is 11.0. The number of nitrogens with zero attached hydrogens (tertiary/aromatic N) is 3. The fraction of sp³-hybridized carbons (Fsp3) is 0.0204. The van der Waals surface area contributed by atoms with Crippen LogP contribution in [0.25, 0.3) is 99.0 Å². The Hall–Kier alpha value is -6.84. The molecule has 0 N–H and O–H groups in total. The lowest BCUT2D eigenvalue weighted by Gasteiger charge is -2.10. The number of para-hydroxylation sites is 4. The molecule has 0 saturated carbocycles. The molecule has 0 atom stereocenters. The van der Waals surface area contributed by atoms with Crippen molar-refractivity contribution in [3.8, 4) is 33.6 Å². The van der Waals surface area contributed by atoms with Crippen molar-refractivity contribution in [2.75, 3.05) is 0 Å². The molecular formula is C49H33N3. The van der Waals surface area contributed by atoms with E-state index < -0.39 is 0 Å². The number of benzene rings is 8. The van der Waals surface area contributed by atoms with E-state index in [0.717, 1.165) is 5.69 Å². The fourth-order valence-corrected chi connectivity index (χ4v) is 8.58. The van der Waals surface area contributed by atoms with Crippen LogP contribution in [0.2, 0.25) is 0 Å². The van der Waals surface area contributed by atoms with Gasteiger partial charge in [-0.15, -0.1) is 0 Å². The van der Waals surface area contributed by atoms with Gasteiger partial charge in [0.05, 0.1) is 22.1 Å². The molecule has 0 aliphatic heterocycles. The highest BCUT2D eigenvalue weighted by Gasteiger charge is 2.17. The van der Waals surface area contributed by atoms with Gasteiger partial charge < -0.3 is 13.7 Å². The highest BCUT2D eigenvalue weighted by molar-refractivity contribution is 6.14. The summed E-state index contributed by atoms with van der Waals surface area (Å²) in [6, 6.07) is 66.6. The Morgan fingerprint density at radius 1 is 0.269 bits per heavy atom. The lowest BCUT2D eigenvalue weighted by Crippen LogP contribution is -1.93. The van der Waals surface area contributed by atoms with Crippen LogP contribution in [0.4, 0.5) is 0 Å². The van der Waals surface area contributed by atoms with E-state index in [9.17, 15) is 0 Å². The Labute approximate surface area is 300 Å². The van der Waals surface area contributed by atoms with E-state index in [2.05, 4.69) is 203 Å². The molecule has 11 aromatic rings. The third-order valence-corrected chi connectivity index (χ3v) is 11.0. The number of hydrogen-bond acceptors (Lipinski definition) is 0. The zero-order chi connectivity index (χ0) is 34.3. The molecule has 0 spiro atoms. The predicted octanol–water partition coefficient (Wildman–Crippen LogP) is 12.9. The van der Waals surface area contributed by atoms with Crippen LogP contribution in [0.15, 0.2) is 182 Å². The topological polar surface area (TPSA) is 14.8 Å². The number of fused-ring (bicyclic) bond motifs is 9. The van der Waals surface area contributed by atoms with E-state index in [4.69, 9.17) is 0 Å². The Kier molecular flexibility index (Phi) is 6.17. The molecule has 3 heterocycles. The normalized spacial score (nSPS) is 11.9. The number of aromatic nitrogens is 3. The molecule has 52 heavy (non-hydrogen) atoms. The fourth-order valence-electron chi connectivity index (χ4n) is 8.58. The summed E-state index contributed by atoms with van der Waals surface area (Å²) in [7, 11) is 2.17. The monoisotopic (exact) mass is 663 g/mol. The van der Waals surface area contributed by atoms with Gasteiger partial charge in [0.2, 0.25) is 0 Å². The summed E-state index contributed by atoms with van der Waals surface area (Å²) in [5.41, 5.74) is 14.5. The molecule has 0 aliphatic rings. The van der Waals surface area contributed by atoms with Crippen LogP contribution < -0.4 is 0 Å². The Bertz CT molecular complexity index is 3180. The van der Waals surface area contributed by atoms with Gasteiger partial charge in [-0.2, -0.15) is 0 Å². The Balaban J connectivity index is 1.10. The molecule has 0 fully saturated rings. The van der Waals surface area contributed by atoms with Gasteiger partial charge in [-0.05, 0) is 95.1 Å². The Morgan fingerprint density at radius 2 is 0.654 bits per heavy atom. The van der Waals surface area contributed by atoms with Gasteiger partial charge in [0.25, 0.3) is 0 Å². The van der Waals surface area contributed by atoms with E-state index in [-0.39, 0.29) is 0 Å². The molecule has 0 saturated heterocycles. The van der Waals surface area contributed by atoms with E-state index in [0.29, 0.717) is 0 Å². The third kappa shape index (κ3) is 4.20. The van der Waals surface area contributed by atoms with Crippen LogP contribution in [-0.2, 0) is 7.05 Å². The molecule has 3 aromatic heterocycles. The van der Waals surface area contributed by atoms with Crippen molar-refractivity contribution < 1.29 is 0 Å². The van der Waals surface area contributed by atoms with Gasteiger partial charge in [-0.3, -0.25) is 0 Å². The lowest BCUT2D eigenvalue weighted by atomic mass is 9.99. The van der Waals surface area contributed by atoms with Gasteiger partial charge in [0.1, 0.15) is 0 Å². The van der Waals surface area contributed by atoms with E-state index in [1.54, 1.807) is 0 Å². The summed E-state index contributed by atoms with van der Waals surface area (Å²) in [6.45, 7) is 0. The highest BCUT2D eigenvalue weighted by Crippen LogP contribution is 2.40. The first-order valence-corrected chi connectivity index (χ1v) is 17.9. The minimum absolute atomic E-state index is 1.16. The second-order valence-electron chi connectivity index (χ2n) is 13.9. The predicted molar refractivity (Wildman–Crippen MR) is 220 cm³/mol. The van der Waals surface area contributed by atoms with Crippen molar-refractivity contribution in [2.45, 2.75) is 0 Å². The summed E-state index contributed by atoms with van der Waals surface area (Å²) < 4.78 is 7.11. The maximum absolute atomic E-state index is 2.42.